The minimum Gasteiger partial charge on any atom is -0.375 e. The van der Waals surface area contributed by atoms with Crippen LogP contribution in [0.15, 0.2) is 18.2 Å². The number of hydrogen-bond donors (Lipinski definition) is 1. The van der Waals surface area contributed by atoms with Crippen LogP contribution in [0.1, 0.15) is 32.3 Å². The molecule has 0 radical (unpaired) electrons. The van der Waals surface area contributed by atoms with Gasteiger partial charge in [-0.2, -0.15) is 0 Å². The first-order chi connectivity index (χ1) is 9.74. The largest absolute Gasteiger partial charge is 0.375 e. The van der Waals surface area contributed by atoms with Gasteiger partial charge in [0, 0.05) is 30.3 Å². The Hall–Kier alpha value is -0.770. The summed E-state index contributed by atoms with van der Waals surface area (Å²) in [5.74, 6) is 0. The third-order valence-electron chi connectivity index (χ3n) is 3.74. The first-order valence-corrected chi connectivity index (χ1v) is 7.98. The fraction of sp³-hybridized carbons (Fsp3) is 0.625. The molecule has 4 heteroatoms. The van der Waals surface area contributed by atoms with E-state index in [0.717, 1.165) is 50.7 Å². The molecule has 0 saturated carbocycles. The predicted octanol–water partition coefficient (Wildman–Crippen LogP) is 3.45. The molecule has 1 aromatic rings. The molecule has 0 aliphatic carbocycles. The average molecular weight is 297 g/mol. The second-order valence-corrected chi connectivity index (χ2v) is 5.71. The van der Waals surface area contributed by atoms with E-state index in [9.17, 15) is 0 Å². The van der Waals surface area contributed by atoms with Crippen LogP contribution in [-0.2, 0) is 11.3 Å². The van der Waals surface area contributed by atoms with E-state index in [1.807, 2.05) is 0 Å². The van der Waals surface area contributed by atoms with Crippen molar-refractivity contribution in [1.29, 1.82) is 0 Å². The molecule has 1 aliphatic heterocycles. The molecular formula is C16H25ClN2O. The first-order valence-electron chi connectivity index (χ1n) is 7.60. The van der Waals surface area contributed by atoms with E-state index in [2.05, 4.69) is 42.3 Å². The Labute approximate surface area is 127 Å². The fourth-order valence-electron chi connectivity index (χ4n) is 2.48. The van der Waals surface area contributed by atoms with Crippen molar-refractivity contribution >= 4 is 17.3 Å². The zero-order chi connectivity index (χ0) is 14.4. The minimum atomic E-state index is 0.341. The maximum atomic E-state index is 6.40. The van der Waals surface area contributed by atoms with Gasteiger partial charge in [-0.15, -0.1) is 0 Å². The highest BCUT2D eigenvalue weighted by atomic mass is 35.5. The van der Waals surface area contributed by atoms with E-state index < -0.39 is 0 Å². The van der Waals surface area contributed by atoms with Crippen LogP contribution >= 0.6 is 11.6 Å². The molecule has 1 heterocycles. The Bertz CT molecular complexity index is 425. The van der Waals surface area contributed by atoms with Crippen LogP contribution in [-0.4, -0.2) is 32.3 Å². The van der Waals surface area contributed by atoms with Gasteiger partial charge in [-0.25, -0.2) is 0 Å². The molecule has 1 saturated heterocycles. The predicted molar refractivity (Wildman–Crippen MR) is 85.7 cm³/mol. The van der Waals surface area contributed by atoms with Gasteiger partial charge in [-0.05, 0) is 37.1 Å². The van der Waals surface area contributed by atoms with Crippen LogP contribution in [0.5, 0.6) is 0 Å². The molecule has 1 atom stereocenters. The lowest BCUT2D eigenvalue weighted by molar-refractivity contribution is 0.0384. The molecule has 1 unspecified atom stereocenters. The van der Waals surface area contributed by atoms with Gasteiger partial charge < -0.3 is 15.0 Å². The molecule has 0 amide bonds. The topological polar surface area (TPSA) is 24.5 Å². The van der Waals surface area contributed by atoms with Crippen LogP contribution in [0.25, 0.3) is 0 Å². The zero-order valence-corrected chi connectivity index (χ0v) is 13.2. The SMILES string of the molecule is CCCNCc1ccc(N2CCOC(CC)C2)cc1Cl. The van der Waals surface area contributed by atoms with E-state index in [1.54, 1.807) is 0 Å². The first kappa shape index (κ1) is 15.6. The summed E-state index contributed by atoms with van der Waals surface area (Å²) in [4.78, 5) is 2.37. The number of nitrogens with zero attached hydrogens (tertiary/aromatic N) is 1. The Morgan fingerprint density at radius 1 is 1.40 bits per heavy atom. The summed E-state index contributed by atoms with van der Waals surface area (Å²) in [6.45, 7) is 8.91. The minimum absolute atomic E-state index is 0.341. The molecule has 2 rings (SSSR count). The second kappa shape index (κ2) is 7.87. The Kier molecular flexibility index (Phi) is 6.14. The second-order valence-electron chi connectivity index (χ2n) is 5.30. The molecule has 1 aliphatic rings. The van der Waals surface area contributed by atoms with Crippen LogP contribution in [0.3, 0.4) is 0 Å². The van der Waals surface area contributed by atoms with E-state index in [0.29, 0.717) is 6.10 Å². The highest BCUT2D eigenvalue weighted by molar-refractivity contribution is 6.31. The van der Waals surface area contributed by atoms with Gasteiger partial charge in [0.2, 0.25) is 0 Å². The lowest BCUT2D eigenvalue weighted by atomic mass is 10.1. The Balaban J connectivity index is 2.00. The van der Waals surface area contributed by atoms with Crippen LogP contribution in [0.4, 0.5) is 5.69 Å². The molecule has 3 nitrogen and oxygen atoms in total. The molecule has 0 bridgehead atoms. The number of nitrogens with one attached hydrogen (secondary N) is 1. The number of ether oxygens (including phenoxy) is 1. The summed E-state index contributed by atoms with van der Waals surface area (Å²) >= 11 is 6.40. The van der Waals surface area contributed by atoms with Gasteiger partial charge in [-0.3, -0.25) is 0 Å². The van der Waals surface area contributed by atoms with Crippen molar-refractivity contribution in [3.8, 4) is 0 Å². The van der Waals surface area contributed by atoms with Crippen molar-refractivity contribution in [2.24, 2.45) is 0 Å². The summed E-state index contributed by atoms with van der Waals surface area (Å²) < 4.78 is 5.71. The van der Waals surface area contributed by atoms with Crippen LogP contribution < -0.4 is 10.2 Å². The number of rotatable bonds is 6. The molecule has 112 valence electrons. The molecule has 1 aromatic carbocycles. The average Bonchev–Trinajstić information content (AvgIpc) is 2.49. The Morgan fingerprint density at radius 2 is 2.25 bits per heavy atom. The van der Waals surface area contributed by atoms with Crippen molar-refractivity contribution < 1.29 is 4.74 Å². The molecule has 0 aromatic heterocycles. The number of halogens is 1. The Morgan fingerprint density at radius 3 is 2.95 bits per heavy atom. The van der Waals surface area contributed by atoms with Crippen molar-refractivity contribution in [1.82, 2.24) is 5.32 Å². The van der Waals surface area contributed by atoms with E-state index in [4.69, 9.17) is 16.3 Å². The highest BCUT2D eigenvalue weighted by Crippen LogP contribution is 2.25. The van der Waals surface area contributed by atoms with Crippen molar-refractivity contribution in [2.75, 3.05) is 31.1 Å². The lowest BCUT2D eigenvalue weighted by Crippen LogP contribution is -2.42. The summed E-state index contributed by atoms with van der Waals surface area (Å²) in [5.41, 5.74) is 2.38. The van der Waals surface area contributed by atoms with E-state index >= 15 is 0 Å². The smallest absolute Gasteiger partial charge is 0.0748 e. The fourth-order valence-corrected chi connectivity index (χ4v) is 2.72. The summed E-state index contributed by atoms with van der Waals surface area (Å²) in [6.07, 6.45) is 2.54. The molecule has 0 spiro atoms. The molecule has 1 fully saturated rings. The maximum absolute atomic E-state index is 6.40. The molecule has 20 heavy (non-hydrogen) atoms. The van der Waals surface area contributed by atoms with Crippen molar-refractivity contribution in [2.45, 2.75) is 39.3 Å². The van der Waals surface area contributed by atoms with Crippen molar-refractivity contribution in [3.05, 3.63) is 28.8 Å². The standard InChI is InChI=1S/C16H25ClN2O/c1-3-7-18-11-13-5-6-14(10-16(13)17)19-8-9-20-15(4-2)12-19/h5-6,10,15,18H,3-4,7-9,11-12H2,1-2H3. The normalized spacial score (nSPS) is 19.4. The summed E-state index contributed by atoms with van der Waals surface area (Å²) in [7, 11) is 0. The lowest BCUT2D eigenvalue weighted by Gasteiger charge is -2.34. The van der Waals surface area contributed by atoms with Gasteiger partial charge >= 0.3 is 0 Å². The monoisotopic (exact) mass is 296 g/mol. The van der Waals surface area contributed by atoms with Crippen LogP contribution in [0.2, 0.25) is 5.02 Å². The molecular weight excluding hydrogens is 272 g/mol. The zero-order valence-electron chi connectivity index (χ0n) is 12.5. The summed E-state index contributed by atoms with van der Waals surface area (Å²) in [6, 6.07) is 6.40. The number of hydrogen-bond acceptors (Lipinski definition) is 3. The quantitative estimate of drug-likeness (QED) is 0.814. The van der Waals surface area contributed by atoms with Crippen LogP contribution in [0, 0.1) is 0 Å². The van der Waals surface area contributed by atoms with Gasteiger partial charge in [0.15, 0.2) is 0 Å². The number of anilines is 1. The van der Waals surface area contributed by atoms with E-state index in [-0.39, 0.29) is 0 Å². The maximum Gasteiger partial charge on any atom is 0.0748 e. The highest BCUT2D eigenvalue weighted by Gasteiger charge is 2.19. The number of morpholine rings is 1. The molecule has 1 N–H and O–H groups in total. The van der Waals surface area contributed by atoms with Crippen molar-refractivity contribution in [3.63, 3.8) is 0 Å². The number of benzene rings is 1. The summed E-state index contributed by atoms with van der Waals surface area (Å²) in [5, 5.41) is 4.24. The third-order valence-corrected chi connectivity index (χ3v) is 4.09. The van der Waals surface area contributed by atoms with E-state index in [1.165, 1.54) is 11.3 Å². The third kappa shape index (κ3) is 4.11. The van der Waals surface area contributed by atoms with Gasteiger partial charge in [0.05, 0.1) is 12.7 Å². The van der Waals surface area contributed by atoms with Gasteiger partial charge in [-0.1, -0.05) is 31.5 Å². The van der Waals surface area contributed by atoms with Gasteiger partial charge in [0.25, 0.3) is 0 Å². The van der Waals surface area contributed by atoms with Gasteiger partial charge in [0.1, 0.15) is 0 Å².